The molecule has 0 saturated heterocycles. The fourth-order valence-electron chi connectivity index (χ4n) is 3.24. The Kier molecular flexibility index (Phi) is 3.57. The molecule has 0 fully saturated rings. The van der Waals surface area contributed by atoms with Crippen LogP contribution in [0.25, 0.3) is 18.2 Å². The van der Waals surface area contributed by atoms with Crippen molar-refractivity contribution in [3.8, 4) is 0 Å². The molecule has 1 aromatic heterocycles. The number of thiophene rings is 1. The molecule has 0 saturated carbocycles. The van der Waals surface area contributed by atoms with Crippen molar-refractivity contribution in [1.82, 2.24) is 0 Å². The maximum atomic E-state index is 15.5. The van der Waals surface area contributed by atoms with Gasteiger partial charge in [-0.25, -0.2) is 8.78 Å². The average molecular weight is 332 g/mol. The number of rotatable bonds is 0. The van der Waals surface area contributed by atoms with Gasteiger partial charge in [0.1, 0.15) is 5.67 Å². The largest absolute Gasteiger partial charge is 0.234 e. The lowest BCUT2D eigenvalue weighted by Gasteiger charge is -2.22. The van der Waals surface area contributed by atoms with E-state index in [4.69, 9.17) is 0 Å². The highest BCUT2D eigenvalue weighted by Crippen LogP contribution is 2.48. The highest BCUT2D eigenvalue weighted by molar-refractivity contribution is 7.14. The summed E-state index contributed by atoms with van der Waals surface area (Å²) in [6, 6.07) is 0. The van der Waals surface area contributed by atoms with Crippen LogP contribution in [0.5, 0.6) is 0 Å². The molecule has 0 bridgehead atoms. The molecule has 2 atom stereocenters. The number of halogens is 2. The van der Waals surface area contributed by atoms with Gasteiger partial charge in [-0.2, -0.15) is 0 Å². The van der Waals surface area contributed by atoms with Gasteiger partial charge >= 0.3 is 0 Å². The molecule has 0 amide bonds. The maximum absolute atomic E-state index is 15.5. The summed E-state index contributed by atoms with van der Waals surface area (Å²) in [5.41, 5.74) is 1.73. The molecule has 0 nitrogen and oxygen atoms in total. The summed E-state index contributed by atoms with van der Waals surface area (Å²) >= 11 is 1.54. The Morgan fingerprint density at radius 3 is 2.09 bits per heavy atom. The van der Waals surface area contributed by atoms with Crippen molar-refractivity contribution < 1.29 is 8.78 Å². The minimum atomic E-state index is -1.56. The lowest BCUT2D eigenvalue weighted by Crippen LogP contribution is -2.20. The van der Waals surface area contributed by atoms with Crippen molar-refractivity contribution in [1.29, 1.82) is 0 Å². The predicted molar refractivity (Wildman–Crippen MR) is 97.0 cm³/mol. The summed E-state index contributed by atoms with van der Waals surface area (Å²) in [7, 11) is 0. The summed E-state index contributed by atoms with van der Waals surface area (Å²) < 4.78 is 30.4. The number of fused-ring (bicyclic) bond motifs is 3. The fourth-order valence-corrected chi connectivity index (χ4v) is 4.63. The number of hydrogen-bond acceptors (Lipinski definition) is 1. The molecule has 0 radical (unpaired) electrons. The van der Waals surface area contributed by atoms with E-state index in [0.29, 0.717) is 16.7 Å². The zero-order valence-corrected chi connectivity index (χ0v) is 15.3. The van der Waals surface area contributed by atoms with Crippen molar-refractivity contribution in [2.45, 2.75) is 52.9 Å². The second kappa shape index (κ2) is 5.01. The van der Waals surface area contributed by atoms with Crippen molar-refractivity contribution >= 4 is 29.6 Å². The van der Waals surface area contributed by atoms with E-state index in [1.807, 2.05) is 32.1 Å². The zero-order valence-electron chi connectivity index (χ0n) is 14.5. The minimum absolute atomic E-state index is 0.618. The number of alkyl halides is 2. The third-order valence-electron chi connectivity index (χ3n) is 5.14. The average Bonchev–Trinajstić information content (AvgIpc) is 2.67. The Labute approximate surface area is 140 Å². The minimum Gasteiger partial charge on any atom is -0.234 e. The second-order valence-corrected chi connectivity index (χ2v) is 8.09. The monoisotopic (exact) mass is 332 g/mol. The van der Waals surface area contributed by atoms with E-state index in [1.54, 1.807) is 45.1 Å². The van der Waals surface area contributed by atoms with Gasteiger partial charge in [0.25, 0.3) is 0 Å². The summed E-state index contributed by atoms with van der Waals surface area (Å²) in [6.07, 6.45) is 7.42. The van der Waals surface area contributed by atoms with Crippen molar-refractivity contribution in [3.05, 3.63) is 49.2 Å². The molecular weight excluding hydrogens is 310 g/mol. The van der Waals surface area contributed by atoms with Crippen LogP contribution in [0.2, 0.25) is 0 Å². The quantitative estimate of drug-likeness (QED) is 0.487. The van der Waals surface area contributed by atoms with Crippen molar-refractivity contribution in [2.24, 2.45) is 0 Å². The molecule has 1 heterocycles. The maximum Gasteiger partial charge on any atom is 0.153 e. The third-order valence-corrected chi connectivity index (χ3v) is 6.24. The van der Waals surface area contributed by atoms with Crippen LogP contribution in [-0.2, 0) is 5.67 Å². The molecule has 3 rings (SSSR count). The van der Waals surface area contributed by atoms with Gasteiger partial charge < -0.3 is 0 Å². The van der Waals surface area contributed by atoms with E-state index in [9.17, 15) is 4.39 Å². The third kappa shape index (κ3) is 2.46. The molecule has 2 unspecified atom stereocenters. The van der Waals surface area contributed by atoms with Crippen LogP contribution in [0.1, 0.15) is 62.4 Å². The lowest BCUT2D eigenvalue weighted by molar-refractivity contribution is 0.263. The molecular formula is C20H22F2S. The first-order chi connectivity index (χ1) is 10.5. The van der Waals surface area contributed by atoms with Crippen LogP contribution in [0.4, 0.5) is 8.78 Å². The first-order valence-electron chi connectivity index (χ1n) is 7.85. The van der Waals surface area contributed by atoms with E-state index < -0.39 is 11.3 Å². The molecule has 0 aliphatic heterocycles. The van der Waals surface area contributed by atoms with Gasteiger partial charge in [0.15, 0.2) is 5.67 Å². The second-order valence-electron chi connectivity index (χ2n) is 7.01. The van der Waals surface area contributed by atoms with Crippen LogP contribution >= 0.6 is 11.3 Å². The molecule has 3 heteroatoms. The topological polar surface area (TPSA) is 0 Å². The Hall–Kier alpha value is -1.48. The Morgan fingerprint density at radius 1 is 0.826 bits per heavy atom. The van der Waals surface area contributed by atoms with Gasteiger partial charge in [0, 0.05) is 15.3 Å². The molecule has 1 aromatic rings. The van der Waals surface area contributed by atoms with Gasteiger partial charge in [0.2, 0.25) is 0 Å². The van der Waals surface area contributed by atoms with E-state index in [-0.39, 0.29) is 0 Å². The van der Waals surface area contributed by atoms with E-state index in [0.717, 1.165) is 26.5 Å². The fraction of sp³-hybridized carbons (Fsp3) is 0.400. The standard InChI is InChI=1S/C20H22F2S/c1-11-7-17-18(19(5,21)10-12(11)2)15-8-13(3)20(6,22)14(4)9-16(15)23-17/h7-10H,1-6H3. The van der Waals surface area contributed by atoms with Crippen molar-refractivity contribution in [3.63, 3.8) is 0 Å². The summed E-state index contributed by atoms with van der Waals surface area (Å²) in [4.78, 5) is 1.87. The Bertz CT molecular complexity index is 811. The van der Waals surface area contributed by atoms with Crippen molar-refractivity contribution in [2.75, 3.05) is 0 Å². The first-order valence-corrected chi connectivity index (χ1v) is 8.66. The highest BCUT2D eigenvalue weighted by atomic mass is 32.1. The zero-order chi connectivity index (χ0) is 17.2. The lowest BCUT2D eigenvalue weighted by atomic mass is 9.90. The molecule has 122 valence electrons. The summed E-state index contributed by atoms with van der Waals surface area (Å²) in [5.74, 6) is 0. The van der Waals surface area contributed by atoms with Gasteiger partial charge in [-0.05, 0) is 87.6 Å². The van der Waals surface area contributed by atoms with E-state index in [2.05, 4.69) is 0 Å². The summed E-state index contributed by atoms with van der Waals surface area (Å²) in [5, 5.41) is 0. The molecule has 23 heavy (non-hydrogen) atoms. The van der Waals surface area contributed by atoms with Crippen LogP contribution in [0.15, 0.2) is 28.4 Å². The SMILES string of the molecule is CC1=Cc2sc3c(c2C(C)(F)C=C1C)C=C(C)C(C)(F)C(C)=C3. The smallest absolute Gasteiger partial charge is 0.153 e. The highest BCUT2D eigenvalue weighted by Gasteiger charge is 2.36. The molecule has 2 aliphatic rings. The predicted octanol–water partition coefficient (Wildman–Crippen LogP) is 6.84. The van der Waals surface area contributed by atoms with E-state index in [1.165, 1.54) is 0 Å². The van der Waals surface area contributed by atoms with Gasteiger partial charge in [-0.1, -0.05) is 6.08 Å². The molecule has 0 N–H and O–H groups in total. The number of allylic oxidation sites excluding steroid dienone is 5. The van der Waals surface area contributed by atoms with Gasteiger partial charge in [0.05, 0.1) is 0 Å². The normalized spacial score (nSPS) is 30.3. The molecule has 2 aliphatic carbocycles. The molecule has 0 aromatic carbocycles. The first kappa shape index (κ1) is 16.4. The molecule has 0 spiro atoms. The van der Waals surface area contributed by atoms with Crippen LogP contribution in [0, 0.1) is 0 Å². The Balaban J connectivity index is 2.36. The van der Waals surface area contributed by atoms with Crippen LogP contribution in [-0.4, -0.2) is 5.67 Å². The van der Waals surface area contributed by atoms with Gasteiger partial charge in [-0.3, -0.25) is 0 Å². The number of hydrogen-bond donors (Lipinski definition) is 0. The van der Waals surface area contributed by atoms with Gasteiger partial charge in [-0.15, -0.1) is 11.3 Å². The van der Waals surface area contributed by atoms with Crippen LogP contribution < -0.4 is 0 Å². The summed E-state index contributed by atoms with van der Waals surface area (Å²) in [6.45, 7) is 10.7. The van der Waals surface area contributed by atoms with E-state index >= 15 is 4.39 Å². The Morgan fingerprint density at radius 2 is 1.43 bits per heavy atom. The van der Waals surface area contributed by atoms with Crippen LogP contribution in [0.3, 0.4) is 0 Å².